The molecule has 0 spiro atoms. The smallest absolute Gasteiger partial charge is 0.274 e. The molecule has 2 N–H and O–H groups in total. The average molecular weight is 772 g/mol. The number of aryl methyl sites for hydroxylation is 1. The molecule has 3 amide bonds. The van der Waals surface area contributed by atoms with Crippen LogP contribution in [0.25, 0.3) is 21.7 Å². The van der Waals surface area contributed by atoms with Crippen molar-refractivity contribution in [2.45, 2.75) is 94.6 Å². The fraction of sp³-hybridized carbons (Fsp3) is 0.450. The maximum absolute atomic E-state index is 15.5. The predicted octanol–water partition coefficient (Wildman–Crippen LogP) is 5.06. The second-order valence-electron chi connectivity index (χ2n) is 15.3. The van der Waals surface area contributed by atoms with Gasteiger partial charge in [-0.2, -0.15) is 0 Å². The third-order valence-electron chi connectivity index (χ3n) is 11.3. The van der Waals surface area contributed by atoms with Crippen LogP contribution in [0, 0.1) is 24.1 Å². The van der Waals surface area contributed by atoms with Gasteiger partial charge in [-0.05, 0) is 68.9 Å². The van der Waals surface area contributed by atoms with E-state index in [-0.39, 0.29) is 55.1 Å². The largest absolute Gasteiger partial charge is 0.472 e. The van der Waals surface area contributed by atoms with E-state index in [1.54, 1.807) is 25.1 Å². The molecule has 2 aliphatic carbocycles. The van der Waals surface area contributed by atoms with Crippen LogP contribution in [-0.4, -0.2) is 76.9 Å². The molecule has 8 rings (SSSR count). The van der Waals surface area contributed by atoms with E-state index >= 15 is 4.39 Å². The van der Waals surface area contributed by atoms with E-state index in [4.69, 9.17) is 9.26 Å². The van der Waals surface area contributed by atoms with Crippen molar-refractivity contribution in [3.63, 3.8) is 0 Å². The van der Waals surface area contributed by atoms with Gasteiger partial charge in [0.15, 0.2) is 11.5 Å². The van der Waals surface area contributed by atoms with E-state index in [2.05, 4.69) is 20.2 Å². The van der Waals surface area contributed by atoms with Crippen LogP contribution in [0.4, 0.5) is 4.39 Å². The van der Waals surface area contributed by atoms with Gasteiger partial charge in [-0.1, -0.05) is 60.5 Å². The van der Waals surface area contributed by atoms with Crippen molar-refractivity contribution in [2.24, 2.45) is 11.3 Å². The Hall–Kier alpha value is -5.18. The van der Waals surface area contributed by atoms with Crippen LogP contribution >= 0.6 is 0 Å². The summed E-state index contributed by atoms with van der Waals surface area (Å²) in [5, 5.41) is 7.46. The van der Waals surface area contributed by atoms with Gasteiger partial charge in [0.25, 0.3) is 5.91 Å². The number of Topliss-reactive ketones (excluding diaryl/α,β-unsaturated/α-hetero) is 1. The number of sulfonamides is 1. The van der Waals surface area contributed by atoms with E-state index in [1.165, 1.54) is 17.0 Å². The van der Waals surface area contributed by atoms with Crippen molar-refractivity contribution < 1.29 is 41.2 Å². The Labute approximate surface area is 317 Å². The molecule has 0 radical (unpaired) electrons. The Kier molecular flexibility index (Phi) is 9.68. The van der Waals surface area contributed by atoms with Crippen molar-refractivity contribution in [1.29, 1.82) is 0 Å². The molecular formula is C40H42FN5O8S. The van der Waals surface area contributed by atoms with E-state index in [0.717, 1.165) is 18.2 Å². The lowest BCUT2D eigenvalue weighted by Crippen LogP contribution is -2.52. The van der Waals surface area contributed by atoms with Gasteiger partial charge in [-0.25, -0.2) is 17.8 Å². The number of amides is 3. The molecule has 2 aliphatic heterocycles. The molecule has 0 bridgehead atoms. The third-order valence-corrected chi connectivity index (χ3v) is 13.1. The summed E-state index contributed by atoms with van der Waals surface area (Å²) in [6, 6.07) is 11.3. The van der Waals surface area contributed by atoms with Gasteiger partial charge in [0.05, 0.1) is 34.2 Å². The fourth-order valence-corrected chi connectivity index (χ4v) is 9.45. The monoisotopic (exact) mass is 771 g/mol. The summed E-state index contributed by atoms with van der Waals surface area (Å²) in [7, 11) is -3.89. The zero-order valence-electron chi connectivity index (χ0n) is 30.3. The number of ether oxygens (including phenoxy) is 1. The highest BCUT2D eigenvalue weighted by atomic mass is 32.2. The van der Waals surface area contributed by atoms with Crippen LogP contribution in [0.3, 0.4) is 0 Å². The van der Waals surface area contributed by atoms with Gasteiger partial charge in [0.2, 0.25) is 27.7 Å². The highest BCUT2D eigenvalue weighted by Crippen LogP contribution is 2.57. The molecule has 4 aromatic rings. The molecule has 2 aromatic carbocycles. The Balaban J connectivity index is 1.13. The molecule has 0 unspecified atom stereocenters. The number of hydrogen-bond donors (Lipinski definition) is 2. The van der Waals surface area contributed by atoms with Crippen LogP contribution < -0.4 is 14.8 Å². The molecule has 288 valence electrons. The highest BCUT2D eigenvalue weighted by Gasteiger charge is 2.61. The number of allylic oxidation sites excluding steroid dienone is 2. The van der Waals surface area contributed by atoms with Crippen LogP contribution in [0.1, 0.15) is 80.5 Å². The number of nitrogens with one attached hydrogen (secondary N) is 2. The number of hydrogen-bond acceptors (Lipinski definition) is 10. The molecule has 1 saturated heterocycles. The molecular weight excluding hydrogens is 730 g/mol. The number of carbonyl (C=O) groups is 4. The van der Waals surface area contributed by atoms with Gasteiger partial charge in [0.1, 0.15) is 23.7 Å². The minimum Gasteiger partial charge on any atom is -0.472 e. The highest BCUT2D eigenvalue weighted by molar-refractivity contribution is 7.90. The predicted molar refractivity (Wildman–Crippen MR) is 199 cm³/mol. The molecule has 4 heterocycles. The summed E-state index contributed by atoms with van der Waals surface area (Å²) < 4.78 is 55.0. The quantitative estimate of drug-likeness (QED) is 0.191. The number of fused-ring (bicyclic) bond motifs is 5. The number of ketones is 1. The normalized spacial score (nSPS) is 26.8. The van der Waals surface area contributed by atoms with Crippen molar-refractivity contribution in [3.8, 4) is 5.88 Å². The lowest BCUT2D eigenvalue weighted by atomic mass is 9.91. The Morgan fingerprint density at radius 3 is 2.62 bits per heavy atom. The minimum absolute atomic E-state index is 0.00322. The van der Waals surface area contributed by atoms with Gasteiger partial charge < -0.3 is 19.5 Å². The van der Waals surface area contributed by atoms with E-state index < -0.39 is 68.2 Å². The molecule has 5 atom stereocenters. The van der Waals surface area contributed by atoms with E-state index in [1.807, 2.05) is 30.4 Å². The SMILES string of the molecule is Cc1cc(C(=O)N[C@H]2CCCCC/C=C\[C@@H]3C[C@@]3(C(=O)NS(=O)(=O)C3CC3)CC(=O)[C@@H]3C[C@@H](Oc4nc5ccccc5c5cccc(F)c45)CN3C2=O)no1. The topological polar surface area (TPSA) is 178 Å². The summed E-state index contributed by atoms with van der Waals surface area (Å²) >= 11 is 0. The second-order valence-corrected chi connectivity index (χ2v) is 17.2. The third kappa shape index (κ3) is 7.33. The van der Waals surface area contributed by atoms with Gasteiger partial charge >= 0.3 is 0 Å². The summed E-state index contributed by atoms with van der Waals surface area (Å²) in [4.78, 5) is 62.3. The van der Waals surface area contributed by atoms with Crippen molar-refractivity contribution in [2.75, 3.05) is 6.54 Å². The number of para-hydroxylation sites is 1. The number of benzene rings is 2. The number of carbonyl (C=O) groups excluding carboxylic acids is 4. The summed E-state index contributed by atoms with van der Waals surface area (Å²) in [5.41, 5.74) is -0.726. The van der Waals surface area contributed by atoms with E-state index in [9.17, 15) is 27.6 Å². The maximum atomic E-state index is 15.5. The molecule has 4 aliphatic rings. The molecule has 13 nitrogen and oxygen atoms in total. The van der Waals surface area contributed by atoms with Gasteiger partial charge in [-0.3, -0.25) is 23.9 Å². The number of nitrogens with zero attached hydrogens (tertiary/aromatic N) is 3. The first-order valence-corrected chi connectivity index (χ1v) is 20.4. The fourth-order valence-electron chi connectivity index (χ4n) is 8.07. The lowest BCUT2D eigenvalue weighted by Gasteiger charge is -2.29. The van der Waals surface area contributed by atoms with Crippen LogP contribution in [0.5, 0.6) is 5.88 Å². The van der Waals surface area contributed by atoms with Crippen LogP contribution in [0.15, 0.2) is 65.2 Å². The van der Waals surface area contributed by atoms with Crippen LogP contribution in [0.2, 0.25) is 0 Å². The molecule has 3 fully saturated rings. The Morgan fingerprint density at radius 1 is 1.04 bits per heavy atom. The Morgan fingerprint density at radius 2 is 1.84 bits per heavy atom. The zero-order chi connectivity index (χ0) is 38.5. The first kappa shape index (κ1) is 36.8. The molecule has 2 saturated carbocycles. The van der Waals surface area contributed by atoms with Crippen molar-refractivity contribution in [3.05, 3.63) is 78.0 Å². The van der Waals surface area contributed by atoms with E-state index in [0.29, 0.717) is 42.3 Å². The number of pyridine rings is 1. The summed E-state index contributed by atoms with van der Waals surface area (Å²) in [5.74, 6) is -2.75. The minimum atomic E-state index is -3.89. The first-order valence-electron chi connectivity index (χ1n) is 18.9. The van der Waals surface area contributed by atoms with Gasteiger partial charge in [-0.15, -0.1) is 0 Å². The molecule has 55 heavy (non-hydrogen) atoms. The number of rotatable bonds is 7. The van der Waals surface area contributed by atoms with Crippen molar-refractivity contribution in [1.82, 2.24) is 25.1 Å². The average Bonchev–Trinajstić information content (AvgIpc) is 4.05. The maximum Gasteiger partial charge on any atom is 0.274 e. The zero-order valence-corrected chi connectivity index (χ0v) is 31.1. The Bertz CT molecular complexity index is 2340. The number of aromatic nitrogens is 2. The summed E-state index contributed by atoms with van der Waals surface area (Å²) in [6.07, 6.45) is 7.03. The van der Waals surface area contributed by atoms with Gasteiger partial charge in [0, 0.05) is 24.3 Å². The van der Waals surface area contributed by atoms with Crippen molar-refractivity contribution >= 4 is 55.2 Å². The first-order chi connectivity index (χ1) is 26.4. The molecule has 15 heteroatoms. The number of halogens is 1. The second kappa shape index (κ2) is 14.5. The lowest BCUT2D eigenvalue weighted by molar-refractivity contribution is -0.140. The summed E-state index contributed by atoms with van der Waals surface area (Å²) in [6.45, 7) is 1.56. The molecule has 2 aromatic heterocycles. The standard InChI is InChI=1S/C40H42FN5O8S/c1-23-18-32(44-54-23)36(48)42-31-15-6-4-2-3-5-10-24-20-40(24,39(50)45-55(51,52)26-16-17-26)21-34(47)33-19-25(22-46(33)38(31)49)53-37-35-28(12-9-13-29(35)41)27-11-7-8-14-30(27)43-37/h5,7-14,18,24-26,31,33H,2-4,6,15-17,19-22H2,1H3,(H,42,48)(H,45,50)/b10-5-/t24-,25-,31+,33+,40-/m1/s1. The van der Waals surface area contributed by atoms with Crippen LogP contribution in [-0.2, 0) is 24.4 Å².